The first-order chi connectivity index (χ1) is 17.5. The van der Waals surface area contributed by atoms with Crippen molar-refractivity contribution in [3.05, 3.63) is 84.1 Å². The third-order valence-corrected chi connectivity index (χ3v) is 6.18. The van der Waals surface area contributed by atoms with Gasteiger partial charge in [-0.2, -0.15) is 0 Å². The van der Waals surface area contributed by atoms with Crippen molar-refractivity contribution in [2.45, 2.75) is 6.42 Å². The number of pyridine rings is 1. The lowest BCUT2D eigenvalue weighted by molar-refractivity contribution is -0.131. The summed E-state index contributed by atoms with van der Waals surface area (Å²) in [4.78, 5) is 35.9. The lowest BCUT2D eigenvalue weighted by Crippen LogP contribution is -2.44. The quantitative estimate of drug-likeness (QED) is 0.549. The Morgan fingerprint density at radius 1 is 0.972 bits per heavy atom. The Kier molecular flexibility index (Phi) is 8.52. The Balaban J connectivity index is 1.47. The summed E-state index contributed by atoms with van der Waals surface area (Å²) in [6.07, 6.45) is 2.39. The molecule has 36 heavy (non-hydrogen) atoms. The summed E-state index contributed by atoms with van der Waals surface area (Å²) >= 11 is 0. The number of carbonyl (C=O) groups is 2. The summed E-state index contributed by atoms with van der Waals surface area (Å²) < 4.78 is 12.0. The third kappa shape index (κ3) is 6.60. The number of amides is 2. The fourth-order valence-corrected chi connectivity index (χ4v) is 3.92. The molecule has 0 spiro atoms. The second kappa shape index (κ2) is 12.2. The van der Waals surface area contributed by atoms with Gasteiger partial charge in [0.2, 0.25) is 11.8 Å². The van der Waals surface area contributed by atoms with E-state index in [1.807, 2.05) is 48.3 Å². The molecule has 3 aromatic rings. The van der Waals surface area contributed by atoms with Crippen molar-refractivity contribution in [2.24, 2.45) is 0 Å². The van der Waals surface area contributed by atoms with Crippen LogP contribution in [0.1, 0.15) is 15.9 Å². The van der Waals surface area contributed by atoms with Crippen LogP contribution in [0.15, 0.2) is 72.9 Å². The molecular weight excluding hydrogens is 456 g/mol. The van der Waals surface area contributed by atoms with Crippen LogP contribution in [0.2, 0.25) is 0 Å². The highest BCUT2D eigenvalue weighted by Gasteiger charge is 2.22. The zero-order valence-corrected chi connectivity index (χ0v) is 20.8. The second-order valence-corrected chi connectivity index (χ2v) is 8.81. The van der Waals surface area contributed by atoms with Crippen LogP contribution in [0.3, 0.4) is 0 Å². The van der Waals surface area contributed by atoms with E-state index in [4.69, 9.17) is 9.47 Å². The molecule has 1 aliphatic rings. The summed E-state index contributed by atoms with van der Waals surface area (Å²) in [5.41, 5.74) is 1.57. The van der Waals surface area contributed by atoms with Gasteiger partial charge in [0.05, 0.1) is 6.54 Å². The number of likely N-dealkylation sites (N-methyl/N-ethyl adjacent to an activating group) is 2. The highest BCUT2D eigenvalue weighted by molar-refractivity contribution is 5.96. The smallest absolute Gasteiger partial charge is 0.259 e. The molecule has 0 N–H and O–H groups in total. The van der Waals surface area contributed by atoms with Crippen LogP contribution in [-0.4, -0.2) is 84.9 Å². The van der Waals surface area contributed by atoms with Crippen molar-refractivity contribution in [1.29, 1.82) is 0 Å². The van der Waals surface area contributed by atoms with Crippen LogP contribution in [0.25, 0.3) is 0 Å². The maximum Gasteiger partial charge on any atom is 0.259 e. The van der Waals surface area contributed by atoms with Crippen LogP contribution in [-0.2, 0) is 11.2 Å². The van der Waals surface area contributed by atoms with Gasteiger partial charge in [0, 0.05) is 46.5 Å². The molecule has 0 fully saturated rings. The first-order valence-electron chi connectivity index (χ1n) is 12.1. The highest BCUT2D eigenvalue weighted by Crippen LogP contribution is 2.32. The highest BCUT2D eigenvalue weighted by atomic mass is 16.5. The third-order valence-electron chi connectivity index (χ3n) is 6.18. The van der Waals surface area contributed by atoms with Crippen LogP contribution in [0.5, 0.6) is 17.4 Å². The van der Waals surface area contributed by atoms with Crippen LogP contribution in [0, 0.1) is 0 Å². The van der Waals surface area contributed by atoms with Gasteiger partial charge in [0.25, 0.3) is 5.91 Å². The molecule has 1 aromatic heterocycles. The monoisotopic (exact) mass is 488 g/mol. The number of aromatic nitrogens is 1. The first-order valence-corrected chi connectivity index (χ1v) is 12.1. The van der Waals surface area contributed by atoms with Gasteiger partial charge in [-0.05, 0) is 36.2 Å². The van der Waals surface area contributed by atoms with E-state index >= 15 is 0 Å². The first kappa shape index (κ1) is 25.2. The number of fused-ring (bicyclic) bond motifs is 2. The van der Waals surface area contributed by atoms with Crippen molar-refractivity contribution in [2.75, 3.05) is 53.4 Å². The second-order valence-electron chi connectivity index (χ2n) is 8.81. The summed E-state index contributed by atoms with van der Waals surface area (Å²) in [6.45, 7) is 2.75. The number of rotatable bonds is 5. The molecule has 8 nitrogen and oxygen atoms in total. The fourth-order valence-electron chi connectivity index (χ4n) is 3.92. The molecule has 0 bridgehead atoms. The molecule has 0 aliphatic carbocycles. The Morgan fingerprint density at radius 2 is 1.72 bits per heavy atom. The summed E-state index contributed by atoms with van der Waals surface area (Å²) in [5, 5.41) is 0. The normalized spacial score (nSPS) is 14.7. The number of benzene rings is 2. The molecule has 0 atom stereocenters. The molecular formula is C28H32N4O4. The van der Waals surface area contributed by atoms with Crippen molar-refractivity contribution < 1.29 is 19.1 Å². The minimum atomic E-state index is -0.193. The van der Waals surface area contributed by atoms with E-state index in [0.717, 1.165) is 6.42 Å². The van der Waals surface area contributed by atoms with E-state index in [1.54, 1.807) is 41.2 Å². The van der Waals surface area contributed by atoms with Gasteiger partial charge in [0.15, 0.2) is 11.5 Å². The lowest BCUT2D eigenvalue weighted by Gasteiger charge is -2.27. The van der Waals surface area contributed by atoms with Gasteiger partial charge in [0.1, 0.15) is 12.2 Å². The Morgan fingerprint density at radius 3 is 2.53 bits per heavy atom. The fraction of sp³-hybridized carbons (Fsp3) is 0.321. The predicted molar refractivity (Wildman–Crippen MR) is 137 cm³/mol. The topological polar surface area (TPSA) is 75.2 Å². The largest absolute Gasteiger partial charge is 0.488 e. The number of hydrogen-bond acceptors (Lipinski definition) is 6. The number of ether oxygens (including phenoxy) is 2. The molecule has 0 saturated heterocycles. The molecule has 2 amide bonds. The van der Waals surface area contributed by atoms with Crippen LogP contribution in [0.4, 0.5) is 0 Å². The Labute approximate surface area is 212 Å². The predicted octanol–water partition coefficient (Wildman–Crippen LogP) is 3.34. The number of para-hydroxylation sites is 2. The van der Waals surface area contributed by atoms with Gasteiger partial charge < -0.3 is 19.3 Å². The van der Waals surface area contributed by atoms with E-state index in [2.05, 4.69) is 17.1 Å². The molecule has 4 rings (SSSR count). The van der Waals surface area contributed by atoms with Crippen LogP contribution < -0.4 is 9.47 Å². The van der Waals surface area contributed by atoms with E-state index in [0.29, 0.717) is 49.8 Å². The Bertz CT molecular complexity index is 1170. The average molecular weight is 489 g/mol. The maximum absolute atomic E-state index is 13.2. The number of hydrogen-bond donors (Lipinski definition) is 0. The van der Waals surface area contributed by atoms with Gasteiger partial charge in [-0.25, -0.2) is 4.98 Å². The standard InChI is InChI=1S/C28H32N4O4/c1-30(16-14-22-9-4-3-5-10-22)26(33)21-32-18-17-31(2)28(34)23-11-8-15-29-27(23)36-25-13-7-6-12-24(25)35-20-19-32/h3-13,15H,14,16-21H2,1-2H3. The average Bonchev–Trinajstić information content (AvgIpc) is 2.91. The zero-order chi connectivity index (χ0) is 25.3. The maximum atomic E-state index is 13.2. The van der Waals surface area contributed by atoms with Crippen LogP contribution >= 0.6 is 0 Å². The van der Waals surface area contributed by atoms with Gasteiger partial charge in [-0.15, -0.1) is 0 Å². The van der Waals surface area contributed by atoms with Crippen molar-refractivity contribution >= 4 is 11.8 Å². The molecule has 0 unspecified atom stereocenters. The summed E-state index contributed by atoms with van der Waals surface area (Å²) in [6, 6.07) is 20.8. The van der Waals surface area contributed by atoms with Crippen molar-refractivity contribution in [3.63, 3.8) is 0 Å². The summed E-state index contributed by atoms with van der Waals surface area (Å²) in [5.74, 6) is 1.11. The number of carbonyl (C=O) groups excluding carboxylic acids is 2. The van der Waals surface area contributed by atoms with Gasteiger partial charge >= 0.3 is 0 Å². The summed E-state index contributed by atoms with van der Waals surface area (Å²) in [7, 11) is 3.57. The zero-order valence-electron chi connectivity index (χ0n) is 20.8. The van der Waals surface area contributed by atoms with E-state index in [-0.39, 0.29) is 24.2 Å². The minimum Gasteiger partial charge on any atom is -0.488 e. The molecule has 0 radical (unpaired) electrons. The molecule has 0 saturated carbocycles. The van der Waals surface area contributed by atoms with Crippen molar-refractivity contribution in [1.82, 2.24) is 19.7 Å². The molecule has 2 heterocycles. The Hall–Kier alpha value is -3.91. The lowest BCUT2D eigenvalue weighted by atomic mass is 10.1. The van der Waals surface area contributed by atoms with E-state index in [9.17, 15) is 9.59 Å². The SMILES string of the molecule is CN(CCc1ccccc1)C(=O)CN1CCOc2ccccc2Oc2ncccc2C(=O)N(C)CC1. The van der Waals surface area contributed by atoms with Gasteiger partial charge in [-0.1, -0.05) is 42.5 Å². The minimum absolute atomic E-state index is 0.0301. The molecule has 2 aromatic carbocycles. The molecule has 188 valence electrons. The number of nitrogens with zero attached hydrogens (tertiary/aromatic N) is 4. The van der Waals surface area contributed by atoms with E-state index < -0.39 is 0 Å². The van der Waals surface area contributed by atoms with Crippen molar-refractivity contribution in [3.8, 4) is 17.4 Å². The molecule has 1 aliphatic heterocycles. The van der Waals surface area contributed by atoms with E-state index in [1.165, 1.54) is 5.56 Å². The van der Waals surface area contributed by atoms with Gasteiger partial charge in [-0.3, -0.25) is 14.5 Å². The molecule has 8 heteroatoms.